The van der Waals surface area contributed by atoms with Crippen LogP contribution in [0.15, 0.2) is 0 Å². The van der Waals surface area contributed by atoms with E-state index in [1.54, 1.807) is 11.8 Å². The largest absolute Gasteiger partial charge is 0.477 e. The minimum absolute atomic E-state index is 0.0947. The Kier molecular flexibility index (Phi) is 4.56. The van der Waals surface area contributed by atoms with Gasteiger partial charge in [-0.15, -0.1) is 11.3 Å². The third-order valence-corrected chi connectivity index (χ3v) is 4.40. The molecule has 1 aromatic rings. The Morgan fingerprint density at radius 3 is 2.85 bits per heavy atom. The summed E-state index contributed by atoms with van der Waals surface area (Å²) in [5, 5.41) is 21.3. The predicted octanol–water partition coefficient (Wildman–Crippen LogP) is 0.674. The monoisotopic (exact) mass is 299 g/mol. The lowest BCUT2D eigenvalue weighted by Crippen LogP contribution is -2.38. The molecule has 0 spiro atoms. The smallest absolute Gasteiger partial charge is 0.347 e. The first-order valence-corrected chi connectivity index (χ1v) is 7.16. The van der Waals surface area contributed by atoms with Crippen LogP contribution in [0.5, 0.6) is 0 Å². The molecule has 2 rings (SSSR count). The van der Waals surface area contributed by atoms with Crippen LogP contribution in [0.3, 0.4) is 0 Å². The van der Waals surface area contributed by atoms with Crippen molar-refractivity contribution in [1.29, 1.82) is 0 Å². The summed E-state index contributed by atoms with van der Waals surface area (Å²) in [5.74, 6) is -0.843. The van der Waals surface area contributed by atoms with E-state index in [1.165, 1.54) is 0 Å². The Balaban J connectivity index is 1.87. The fraction of sp³-hybridized carbons (Fsp3) is 0.583. The Hall–Kier alpha value is -1.67. The van der Waals surface area contributed by atoms with Gasteiger partial charge in [-0.2, -0.15) is 0 Å². The number of rotatable bonds is 4. The minimum atomic E-state index is -0.997. The summed E-state index contributed by atoms with van der Waals surface area (Å²) in [6.07, 6.45) is 0.809. The summed E-state index contributed by atoms with van der Waals surface area (Å²) in [6.45, 7) is 3.14. The van der Waals surface area contributed by atoms with Crippen LogP contribution in [-0.4, -0.2) is 51.8 Å². The molecule has 2 heterocycles. The number of aryl methyl sites for hydroxylation is 1. The highest BCUT2D eigenvalue weighted by Gasteiger charge is 2.25. The topological polar surface area (TPSA) is 103 Å². The van der Waals surface area contributed by atoms with Gasteiger partial charge >= 0.3 is 12.0 Å². The zero-order valence-corrected chi connectivity index (χ0v) is 11.9. The number of nitrogens with one attached hydrogen (secondary N) is 1. The maximum atomic E-state index is 11.9. The van der Waals surface area contributed by atoms with Crippen LogP contribution >= 0.6 is 11.3 Å². The Bertz CT molecular complexity index is 517. The first-order valence-electron chi connectivity index (χ1n) is 6.34. The number of aliphatic hydroxyl groups excluding tert-OH is 1. The normalized spacial score (nSPS) is 18.3. The number of nitrogens with zero attached hydrogens (tertiary/aromatic N) is 2. The molecule has 0 aliphatic carbocycles. The molecule has 3 N–H and O–H groups in total. The van der Waals surface area contributed by atoms with Gasteiger partial charge in [0, 0.05) is 25.6 Å². The third-order valence-electron chi connectivity index (χ3n) is 3.26. The second-order valence-electron chi connectivity index (χ2n) is 4.77. The number of carboxylic acid groups (broad SMARTS) is 1. The molecule has 0 radical (unpaired) electrons. The van der Waals surface area contributed by atoms with Crippen molar-refractivity contribution in [3.8, 4) is 0 Å². The molecule has 0 bridgehead atoms. The van der Waals surface area contributed by atoms with Crippen LogP contribution in [0.1, 0.15) is 26.8 Å². The van der Waals surface area contributed by atoms with E-state index in [1.807, 2.05) is 0 Å². The van der Waals surface area contributed by atoms with Gasteiger partial charge < -0.3 is 20.4 Å². The summed E-state index contributed by atoms with van der Waals surface area (Å²) in [7, 11) is 0. The number of thiazole rings is 1. The number of hydrogen-bond donors (Lipinski definition) is 3. The molecule has 8 heteroatoms. The average Bonchev–Trinajstić information content (AvgIpc) is 3.02. The molecule has 1 atom stereocenters. The number of carboxylic acids is 1. The van der Waals surface area contributed by atoms with E-state index in [4.69, 9.17) is 10.2 Å². The summed E-state index contributed by atoms with van der Waals surface area (Å²) in [4.78, 5) is 28.8. The minimum Gasteiger partial charge on any atom is -0.477 e. The number of aliphatic hydroxyl groups is 1. The van der Waals surface area contributed by atoms with E-state index in [0.717, 1.165) is 17.8 Å². The number of urea groups is 1. The molecule has 1 aliphatic rings. The van der Waals surface area contributed by atoms with Crippen molar-refractivity contribution in [3.05, 3.63) is 15.6 Å². The van der Waals surface area contributed by atoms with E-state index in [-0.39, 0.29) is 30.0 Å². The first kappa shape index (κ1) is 14.7. The first-order chi connectivity index (χ1) is 9.51. The van der Waals surface area contributed by atoms with Gasteiger partial charge in [-0.1, -0.05) is 0 Å². The fourth-order valence-corrected chi connectivity index (χ4v) is 3.00. The van der Waals surface area contributed by atoms with Gasteiger partial charge in [-0.25, -0.2) is 14.6 Å². The van der Waals surface area contributed by atoms with Crippen molar-refractivity contribution in [2.24, 2.45) is 5.92 Å². The van der Waals surface area contributed by atoms with E-state index in [2.05, 4.69) is 10.3 Å². The predicted molar refractivity (Wildman–Crippen MR) is 72.8 cm³/mol. The highest BCUT2D eigenvalue weighted by Crippen LogP contribution is 2.18. The van der Waals surface area contributed by atoms with Crippen LogP contribution in [0, 0.1) is 12.8 Å². The molecule has 20 heavy (non-hydrogen) atoms. The number of carbonyl (C=O) groups excluding carboxylic acids is 1. The molecule has 0 saturated carbocycles. The fourth-order valence-electron chi connectivity index (χ4n) is 2.16. The van der Waals surface area contributed by atoms with Gasteiger partial charge in [0.25, 0.3) is 0 Å². The van der Waals surface area contributed by atoms with Crippen LogP contribution < -0.4 is 5.32 Å². The van der Waals surface area contributed by atoms with E-state index in [9.17, 15) is 9.59 Å². The lowest BCUT2D eigenvalue weighted by Gasteiger charge is -2.16. The highest BCUT2D eigenvalue weighted by molar-refractivity contribution is 7.13. The number of likely N-dealkylation sites (tertiary alicyclic amines) is 1. The number of amides is 2. The highest BCUT2D eigenvalue weighted by atomic mass is 32.1. The second-order valence-corrected chi connectivity index (χ2v) is 5.85. The average molecular weight is 299 g/mol. The third kappa shape index (κ3) is 3.26. The van der Waals surface area contributed by atoms with Crippen LogP contribution in [-0.2, 0) is 6.54 Å². The van der Waals surface area contributed by atoms with Gasteiger partial charge in [0.05, 0.1) is 12.2 Å². The Labute approximate surface area is 120 Å². The van der Waals surface area contributed by atoms with Crippen molar-refractivity contribution in [2.45, 2.75) is 19.9 Å². The molecular formula is C12H17N3O4S. The molecule has 1 fully saturated rings. The SMILES string of the molecule is Cc1nc(CNC(=O)N2CCC(CO)C2)sc1C(=O)O. The number of carbonyl (C=O) groups is 2. The van der Waals surface area contributed by atoms with Crippen molar-refractivity contribution in [3.63, 3.8) is 0 Å². The lowest BCUT2D eigenvalue weighted by molar-refractivity contribution is 0.0701. The molecule has 1 saturated heterocycles. The van der Waals surface area contributed by atoms with E-state index < -0.39 is 5.97 Å². The molecule has 2 amide bonds. The molecule has 0 aromatic carbocycles. The van der Waals surface area contributed by atoms with Crippen LogP contribution in [0.25, 0.3) is 0 Å². The number of hydrogen-bond acceptors (Lipinski definition) is 5. The lowest BCUT2D eigenvalue weighted by atomic mass is 10.1. The van der Waals surface area contributed by atoms with Gasteiger partial charge in [0.1, 0.15) is 9.88 Å². The standard InChI is InChI=1S/C12H17N3O4S/c1-7-10(11(17)18)20-9(14-7)4-13-12(19)15-3-2-8(5-15)6-16/h8,16H,2-6H2,1H3,(H,13,19)(H,17,18). The number of aromatic nitrogens is 1. The van der Waals surface area contributed by atoms with Crippen LogP contribution in [0.2, 0.25) is 0 Å². The Morgan fingerprint density at radius 1 is 1.55 bits per heavy atom. The quantitative estimate of drug-likeness (QED) is 0.758. The maximum absolute atomic E-state index is 11.9. The Morgan fingerprint density at radius 2 is 2.30 bits per heavy atom. The van der Waals surface area contributed by atoms with Gasteiger partial charge in [-0.05, 0) is 13.3 Å². The van der Waals surface area contributed by atoms with Crippen molar-refractivity contribution in [2.75, 3.05) is 19.7 Å². The van der Waals surface area contributed by atoms with Gasteiger partial charge in [-0.3, -0.25) is 0 Å². The van der Waals surface area contributed by atoms with Gasteiger partial charge in [0.2, 0.25) is 0 Å². The summed E-state index contributed by atoms with van der Waals surface area (Å²) in [6, 6.07) is -0.203. The molecular weight excluding hydrogens is 282 g/mol. The second kappa shape index (κ2) is 6.19. The molecule has 1 aliphatic heterocycles. The van der Waals surface area contributed by atoms with E-state index >= 15 is 0 Å². The van der Waals surface area contributed by atoms with Crippen molar-refractivity contribution >= 4 is 23.3 Å². The maximum Gasteiger partial charge on any atom is 0.347 e. The van der Waals surface area contributed by atoms with Crippen molar-refractivity contribution < 1.29 is 19.8 Å². The molecule has 110 valence electrons. The number of aromatic carboxylic acids is 1. The molecule has 1 aromatic heterocycles. The zero-order chi connectivity index (χ0) is 14.7. The van der Waals surface area contributed by atoms with Gasteiger partial charge in [0.15, 0.2) is 0 Å². The van der Waals surface area contributed by atoms with Crippen LogP contribution in [0.4, 0.5) is 4.79 Å². The summed E-state index contributed by atoms with van der Waals surface area (Å²) >= 11 is 1.07. The van der Waals surface area contributed by atoms with E-state index in [0.29, 0.717) is 23.8 Å². The summed E-state index contributed by atoms with van der Waals surface area (Å²) < 4.78 is 0. The van der Waals surface area contributed by atoms with Crippen molar-refractivity contribution in [1.82, 2.24) is 15.2 Å². The molecule has 7 nitrogen and oxygen atoms in total. The zero-order valence-electron chi connectivity index (χ0n) is 11.1. The summed E-state index contributed by atoms with van der Waals surface area (Å²) in [5.41, 5.74) is 0.466. The molecule has 1 unspecified atom stereocenters.